The number of rotatable bonds is 3. The number of fused-ring (bicyclic) bond motifs is 5. The van der Waals surface area contributed by atoms with Gasteiger partial charge in [0.05, 0.1) is 12.0 Å². The molecule has 29 heavy (non-hydrogen) atoms. The van der Waals surface area contributed by atoms with Crippen LogP contribution in [0.3, 0.4) is 0 Å². The molecule has 0 N–H and O–H groups in total. The molecule has 0 radical (unpaired) electrons. The Morgan fingerprint density at radius 2 is 2.07 bits per heavy atom. The minimum absolute atomic E-state index is 0.0137. The number of ether oxygens (including phenoxy) is 1. The van der Waals surface area contributed by atoms with Gasteiger partial charge >= 0.3 is 5.97 Å². The molecule has 0 bridgehead atoms. The first kappa shape index (κ1) is 17.6. The van der Waals surface area contributed by atoms with E-state index in [2.05, 4.69) is 13.8 Å². The number of para-hydroxylation sites is 1. The van der Waals surface area contributed by atoms with Crippen LogP contribution in [0.1, 0.15) is 35.8 Å². The molecule has 1 aromatic carbocycles. The third kappa shape index (κ3) is 2.79. The van der Waals surface area contributed by atoms with Crippen molar-refractivity contribution in [3.63, 3.8) is 0 Å². The number of hydrogen-bond acceptors (Lipinski definition) is 5. The van der Waals surface area contributed by atoms with Gasteiger partial charge in [-0.2, -0.15) is 0 Å². The standard InChI is InChI=1S/C23H19NO5/c1-13(2)18-9-16-15-5-3-4-6-21(15)29-22(16)19-10-20(25)17(11-24(18)19)23(26)28-14-7-8-27-12-14/h3-8,10-13,18H,9H2,1-2H3. The Kier molecular flexibility index (Phi) is 3.94. The quantitative estimate of drug-likeness (QED) is 0.469. The molecular weight excluding hydrogens is 370 g/mol. The minimum Gasteiger partial charge on any atom is -0.469 e. The lowest BCUT2D eigenvalue weighted by Gasteiger charge is -2.31. The maximum atomic E-state index is 12.8. The van der Waals surface area contributed by atoms with E-state index < -0.39 is 11.4 Å². The Morgan fingerprint density at radius 3 is 2.83 bits per heavy atom. The molecular formula is C23H19NO5. The molecule has 5 rings (SSSR count). The second kappa shape index (κ2) is 6.51. The van der Waals surface area contributed by atoms with Gasteiger partial charge in [-0.05, 0) is 18.4 Å². The highest BCUT2D eigenvalue weighted by Gasteiger charge is 2.32. The molecule has 0 spiro atoms. The average Bonchev–Trinajstić information content (AvgIpc) is 3.34. The van der Waals surface area contributed by atoms with Gasteiger partial charge in [0, 0.05) is 35.3 Å². The summed E-state index contributed by atoms with van der Waals surface area (Å²) >= 11 is 0. The maximum absolute atomic E-state index is 12.8. The summed E-state index contributed by atoms with van der Waals surface area (Å²) in [6, 6.07) is 11.0. The first-order valence-electron chi connectivity index (χ1n) is 9.54. The number of esters is 1. The van der Waals surface area contributed by atoms with Crippen molar-refractivity contribution in [1.29, 1.82) is 0 Å². The lowest BCUT2D eigenvalue weighted by Crippen LogP contribution is -2.28. The number of nitrogens with zero attached hydrogens (tertiary/aromatic N) is 1. The zero-order valence-electron chi connectivity index (χ0n) is 16.0. The highest BCUT2D eigenvalue weighted by Crippen LogP contribution is 2.42. The third-order valence-corrected chi connectivity index (χ3v) is 5.48. The van der Waals surface area contributed by atoms with Crippen LogP contribution in [0.25, 0.3) is 22.4 Å². The Balaban J connectivity index is 1.67. The number of furan rings is 2. The molecule has 0 amide bonds. The molecule has 4 aromatic rings. The molecule has 0 aliphatic carbocycles. The first-order chi connectivity index (χ1) is 14.0. The molecule has 146 valence electrons. The molecule has 1 aliphatic heterocycles. The first-order valence-corrected chi connectivity index (χ1v) is 9.54. The topological polar surface area (TPSA) is 74.6 Å². The van der Waals surface area contributed by atoms with E-state index in [1.165, 1.54) is 24.7 Å². The van der Waals surface area contributed by atoms with E-state index in [0.717, 1.165) is 23.0 Å². The Labute approximate surface area is 166 Å². The molecule has 1 unspecified atom stereocenters. The number of carbonyl (C=O) groups excluding carboxylic acids is 1. The molecule has 1 aliphatic rings. The Morgan fingerprint density at radius 1 is 1.24 bits per heavy atom. The summed E-state index contributed by atoms with van der Waals surface area (Å²) in [6.45, 7) is 4.26. The summed E-state index contributed by atoms with van der Waals surface area (Å²) in [5.74, 6) is 0.535. The van der Waals surface area contributed by atoms with Crippen LogP contribution in [0.4, 0.5) is 0 Å². The summed E-state index contributed by atoms with van der Waals surface area (Å²) in [5, 5.41) is 1.07. The van der Waals surface area contributed by atoms with Gasteiger partial charge < -0.3 is 18.1 Å². The van der Waals surface area contributed by atoms with Gasteiger partial charge in [-0.15, -0.1) is 0 Å². The molecule has 6 nitrogen and oxygen atoms in total. The lowest BCUT2D eigenvalue weighted by atomic mass is 9.89. The summed E-state index contributed by atoms with van der Waals surface area (Å²) in [7, 11) is 0. The van der Waals surface area contributed by atoms with Gasteiger partial charge in [-0.25, -0.2) is 4.79 Å². The van der Waals surface area contributed by atoms with Crippen molar-refractivity contribution in [2.24, 2.45) is 5.92 Å². The monoisotopic (exact) mass is 389 g/mol. The summed E-state index contributed by atoms with van der Waals surface area (Å²) in [5.41, 5.74) is 2.17. The number of hydrogen-bond donors (Lipinski definition) is 0. The van der Waals surface area contributed by atoms with E-state index in [1.54, 1.807) is 6.20 Å². The second-order valence-corrected chi connectivity index (χ2v) is 7.61. The van der Waals surface area contributed by atoms with Crippen molar-refractivity contribution < 1.29 is 18.4 Å². The SMILES string of the molecule is CC(C)C1Cc2c(oc3ccccc23)-c2cc(=O)c(C(=O)Oc3ccoc3)cn21. The largest absolute Gasteiger partial charge is 0.469 e. The van der Waals surface area contributed by atoms with Crippen LogP contribution in [0, 0.1) is 5.92 Å². The predicted octanol–water partition coefficient (Wildman–Crippen LogP) is 4.83. The smallest absolute Gasteiger partial charge is 0.349 e. The summed E-state index contributed by atoms with van der Waals surface area (Å²) in [6.07, 6.45) is 5.07. The molecule has 3 aromatic heterocycles. The van der Waals surface area contributed by atoms with Gasteiger partial charge in [-0.3, -0.25) is 4.79 Å². The van der Waals surface area contributed by atoms with Crippen LogP contribution in [0.5, 0.6) is 5.75 Å². The second-order valence-electron chi connectivity index (χ2n) is 7.61. The van der Waals surface area contributed by atoms with Crippen molar-refractivity contribution in [2.45, 2.75) is 26.3 Å². The molecule has 6 heteroatoms. The molecule has 4 heterocycles. The fourth-order valence-electron chi connectivity index (χ4n) is 4.00. The normalized spacial score (nSPS) is 15.3. The maximum Gasteiger partial charge on any atom is 0.349 e. The van der Waals surface area contributed by atoms with E-state index in [-0.39, 0.29) is 23.3 Å². The van der Waals surface area contributed by atoms with Gasteiger partial charge in [0.25, 0.3) is 0 Å². The number of benzene rings is 1. The minimum atomic E-state index is -0.704. The van der Waals surface area contributed by atoms with Crippen LogP contribution in [-0.4, -0.2) is 10.5 Å². The summed E-state index contributed by atoms with van der Waals surface area (Å²) in [4.78, 5) is 25.4. The lowest BCUT2D eigenvalue weighted by molar-refractivity contribution is 0.0731. The van der Waals surface area contributed by atoms with Crippen LogP contribution in [0.2, 0.25) is 0 Å². The highest BCUT2D eigenvalue weighted by atomic mass is 16.5. The highest BCUT2D eigenvalue weighted by molar-refractivity contribution is 5.92. The van der Waals surface area contributed by atoms with Crippen LogP contribution >= 0.6 is 0 Å². The molecule has 0 fully saturated rings. The number of pyridine rings is 1. The van der Waals surface area contributed by atoms with Crippen LogP contribution < -0.4 is 10.2 Å². The summed E-state index contributed by atoms with van der Waals surface area (Å²) < 4.78 is 18.2. The van der Waals surface area contributed by atoms with Gasteiger partial charge in [0.2, 0.25) is 0 Å². The van der Waals surface area contributed by atoms with Crippen molar-refractivity contribution in [1.82, 2.24) is 4.57 Å². The van der Waals surface area contributed by atoms with Gasteiger partial charge in [0.1, 0.15) is 17.4 Å². The number of carbonyl (C=O) groups is 1. The number of aromatic nitrogens is 1. The van der Waals surface area contributed by atoms with E-state index in [4.69, 9.17) is 13.6 Å². The van der Waals surface area contributed by atoms with Gasteiger partial charge in [0.15, 0.2) is 16.9 Å². The van der Waals surface area contributed by atoms with Crippen LogP contribution in [-0.2, 0) is 6.42 Å². The van der Waals surface area contributed by atoms with E-state index in [9.17, 15) is 9.59 Å². The van der Waals surface area contributed by atoms with Crippen LogP contribution in [0.15, 0.2) is 68.8 Å². The Bertz CT molecular complexity index is 1280. The van der Waals surface area contributed by atoms with Gasteiger partial charge in [-0.1, -0.05) is 32.0 Å². The van der Waals surface area contributed by atoms with E-state index >= 15 is 0 Å². The van der Waals surface area contributed by atoms with E-state index in [0.29, 0.717) is 11.5 Å². The van der Waals surface area contributed by atoms with Crippen molar-refractivity contribution in [3.05, 3.63) is 76.5 Å². The van der Waals surface area contributed by atoms with Crippen molar-refractivity contribution >= 4 is 16.9 Å². The Hall–Kier alpha value is -3.54. The fraction of sp³-hybridized carbons (Fsp3) is 0.217. The van der Waals surface area contributed by atoms with E-state index in [1.807, 2.05) is 28.8 Å². The zero-order valence-corrected chi connectivity index (χ0v) is 16.0. The third-order valence-electron chi connectivity index (χ3n) is 5.48. The molecule has 0 saturated heterocycles. The molecule has 0 saturated carbocycles. The van der Waals surface area contributed by atoms with Crippen molar-refractivity contribution in [2.75, 3.05) is 0 Å². The van der Waals surface area contributed by atoms with Crippen molar-refractivity contribution in [3.8, 4) is 17.2 Å². The fourth-order valence-corrected chi connectivity index (χ4v) is 4.00. The molecule has 1 atom stereocenters. The predicted molar refractivity (Wildman–Crippen MR) is 107 cm³/mol. The zero-order chi connectivity index (χ0) is 20.1. The average molecular weight is 389 g/mol.